The van der Waals surface area contributed by atoms with Gasteiger partial charge in [-0.3, -0.25) is 0 Å². The lowest BCUT2D eigenvalue weighted by molar-refractivity contribution is -0.0436. The third-order valence-corrected chi connectivity index (χ3v) is 3.87. The minimum Gasteiger partial charge on any atom is -0.214 e. The highest BCUT2D eigenvalue weighted by Gasteiger charge is 2.46. The number of sulfone groups is 1. The summed E-state index contributed by atoms with van der Waals surface area (Å²) in [7, 11) is -5.28. The zero-order valence-electron chi connectivity index (χ0n) is 8.18. The number of aryl methyl sites for hydroxylation is 1. The van der Waals surface area contributed by atoms with Gasteiger partial charge in [-0.1, -0.05) is 18.5 Å². The first kappa shape index (κ1) is 13.3. The lowest BCUT2D eigenvalue weighted by Gasteiger charge is -2.09. The van der Waals surface area contributed by atoms with Gasteiger partial charge in [0.25, 0.3) is 9.84 Å². The van der Waals surface area contributed by atoms with Crippen molar-refractivity contribution in [3.8, 4) is 0 Å². The summed E-state index contributed by atoms with van der Waals surface area (Å²) in [5, 5.41) is 0.253. The van der Waals surface area contributed by atoms with Gasteiger partial charge in [-0.05, 0) is 30.2 Å². The second-order valence-corrected chi connectivity index (χ2v) is 5.40. The molecule has 1 aromatic carbocycles. The van der Waals surface area contributed by atoms with E-state index in [4.69, 9.17) is 11.6 Å². The summed E-state index contributed by atoms with van der Waals surface area (Å²) in [6.45, 7) is 1.67. The van der Waals surface area contributed by atoms with Crippen LogP contribution in [-0.2, 0) is 16.3 Å². The molecule has 2 nitrogen and oxygen atoms in total. The smallest absolute Gasteiger partial charge is 0.214 e. The maximum absolute atomic E-state index is 12.2. The third kappa shape index (κ3) is 2.32. The van der Waals surface area contributed by atoms with Gasteiger partial charge in [-0.15, -0.1) is 0 Å². The zero-order chi connectivity index (χ0) is 12.6. The van der Waals surface area contributed by atoms with Crippen LogP contribution in [0.25, 0.3) is 0 Å². The van der Waals surface area contributed by atoms with Gasteiger partial charge >= 0.3 is 5.51 Å². The molecule has 0 atom stereocenters. The standard InChI is InChI=1S/C9H8ClF3O2S/c1-2-6-5-7(3-4-8(6)10)16(14,15)9(11,12)13/h3-5H,2H2,1H3. The van der Waals surface area contributed by atoms with Crippen LogP contribution in [0.4, 0.5) is 13.2 Å². The molecule has 0 bridgehead atoms. The zero-order valence-corrected chi connectivity index (χ0v) is 9.75. The molecule has 0 aliphatic carbocycles. The first-order valence-electron chi connectivity index (χ1n) is 4.30. The average Bonchev–Trinajstić information content (AvgIpc) is 2.16. The largest absolute Gasteiger partial charge is 0.501 e. The lowest BCUT2D eigenvalue weighted by Crippen LogP contribution is -2.23. The van der Waals surface area contributed by atoms with Gasteiger partial charge in [-0.25, -0.2) is 8.42 Å². The molecule has 0 saturated heterocycles. The summed E-state index contributed by atoms with van der Waals surface area (Å²) in [5.74, 6) is 0. The van der Waals surface area contributed by atoms with E-state index in [0.717, 1.165) is 18.2 Å². The number of rotatable bonds is 2. The number of halogens is 4. The second kappa shape index (κ2) is 4.25. The van der Waals surface area contributed by atoms with Crippen molar-refractivity contribution >= 4 is 21.4 Å². The van der Waals surface area contributed by atoms with Gasteiger partial charge in [0.05, 0.1) is 4.90 Å². The lowest BCUT2D eigenvalue weighted by atomic mass is 10.2. The Bertz CT molecular complexity index is 494. The second-order valence-electron chi connectivity index (χ2n) is 3.06. The summed E-state index contributed by atoms with van der Waals surface area (Å²) in [4.78, 5) is -0.777. The molecule has 0 aliphatic heterocycles. The Kier molecular flexibility index (Phi) is 3.54. The molecule has 0 unspecified atom stereocenters. The predicted octanol–water partition coefficient (Wildman–Crippen LogP) is 3.20. The van der Waals surface area contributed by atoms with Crippen LogP contribution in [0.5, 0.6) is 0 Å². The fourth-order valence-electron chi connectivity index (χ4n) is 1.12. The Morgan fingerprint density at radius 3 is 2.31 bits per heavy atom. The number of hydrogen-bond donors (Lipinski definition) is 0. The SMILES string of the molecule is CCc1cc(S(=O)(=O)C(F)(F)F)ccc1Cl. The monoisotopic (exact) mass is 272 g/mol. The minimum absolute atomic E-state index is 0.253. The summed E-state index contributed by atoms with van der Waals surface area (Å²) in [6, 6.07) is 2.95. The van der Waals surface area contributed by atoms with Crippen molar-refractivity contribution < 1.29 is 21.6 Å². The molecule has 1 rings (SSSR count). The molecule has 7 heteroatoms. The number of alkyl halides is 3. The van der Waals surface area contributed by atoms with Crippen LogP contribution in [0.2, 0.25) is 5.02 Å². The van der Waals surface area contributed by atoms with E-state index in [0.29, 0.717) is 12.0 Å². The van der Waals surface area contributed by atoms with Gasteiger partial charge in [0, 0.05) is 5.02 Å². The Morgan fingerprint density at radius 1 is 1.31 bits per heavy atom. The molecular formula is C9H8ClF3O2S. The molecule has 0 heterocycles. The quantitative estimate of drug-likeness (QED) is 0.828. The molecule has 0 saturated carbocycles. The molecule has 90 valence electrons. The highest BCUT2D eigenvalue weighted by molar-refractivity contribution is 7.92. The Labute approximate surface area is 96.0 Å². The van der Waals surface area contributed by atoms with Gasteiger partial charge in [-0.2, -0.15) is 13.2 Å². The van der Waals surface area contributed by atoms with Crippen LogP contribution >= 0.6 is 11.6 Å². The summed E-state index contributed by atoms with van der Waals surface area (Å²) in [6.07, 6.45) is 0.361. The molecule has 0 N–H and O–H groups in total. The third-order valence-electron chi connectivity index (χ3n) is 2.01. The highest BCUT2D eigenvalue weighted by atomic mass is 35.5. The van der Waals surface area contributed by atoms with E-state index in [1.165, 1.54) is 0 Å². The van der Waals surface area contributed by atoms with E-state index in [9.17, 15) is 21.6 Å². The average molecular weight is 273 g/mol. The maximum atomic E-state index is 12.2. The van der Waals surface area contributed by atoms with Crippen LogP contribution < -0.4 is 0 Å². The van der Waals surface area contributed by atoms with Gasteiger partial charge < -0.3 is 0 Å². The van der Waals surface area contributed by atoms with Crippen molar-refractivity contribution in [3.05, 3.63) is 28.8 Å². The Morgan fingerprint density at radius 2 is 1.88 bits per heavy atom. The van der Waals surface area contributed by atoms with Crippen LogP contribution in [0.1, 0.15) is 12.5 Å². The van der Waals surface area contributed by atoms with Gasteiger partial charge in [0.15, 0.2) is 0 Å². The molecule has 0 radical (unpaired) electrons. The first-order chi connectivity index (χ1) is 7.20. The first-order valence-corrected chi connectivity index (χ1v) is 6.16. The number of benzene rings is 1. The van der Waals surface area contributed by atoms with E-state index < -0.39 is 20.2 Å². The van der Waals surface area contributed by atoms with Crippen molar-refractivity contribution in [2.24, 2.45) is 0 Å². The molecular weight excluding hydrogens is 265 g/mol. The van der Waals surface area contributed by atoms with E-state index >= 15 is 0 Å². The van der Waals surface area contributed by atoms with E-state index in [1.807, 2.05) is 0 Å². The van der Waals surface area contributed by atoms with Crippen molar-refractivity contribution in [2.75, 3.05) is 0 Å². The fraction of sp³-hybridized carbons (Fsp3) is 0.333. The van der Waals surface area contributed by atoms with Crippen LogP contribution in [0.3, 0.4) is 0 Å². The molecule has 0 aliphatic rings. The predicted molar refractivity (Wildman–Crippen MR) is 54.1 cm³/mol. The van der Waals surface area contributed by atoms with E-state index in [-0.39, 0.29) is 5.02 Å². The summed E-state index contributed by atoms with van der Waals surface area (Å²) < 4.78 is 58.8. The van der Waals surface area contributed by atoms with E-state index in [1.54, 1.807) is 6.92 Å². The highest BCUT2D eigenvalue weighted by Crippen LogP contribution is 2.32. The van der Waals surface area contributed by atoms with Gasteiger partial charge in [0.2, 0.25) is 0 Å². The van der Waals surface area contributed by atoms with Gasteiger partial charge in [0.1, 0.15) is 0 Å². The molecule has 0 amide bonds. The molecule has 0 spiro atoms. The van der Waals surface area contributed by atoms with Crippen molar-refractivity contribution in [2.45, 2.75) is 23.7 Å². The van der Waals surface area contributed by atoms with Crippen LogP contribution in [0.15, 0.2) is 23.1 Å². The van der Waals surface area contributed by atoms with Crippen molar-refractivity contribution in [1.29, 1.82) is 0 Å². The van der Waals surface area contributed by atoms with Crippen LogP contribution in [-0.4, -0.2) is 13.9 Å². The topological polar surface area (TPSA) is 34.1 Å². The summed E-state index contributed by atoms with van der Waals surface area (Å²) >= 11 is 5.68. The minimum atomic E-state index is -5.29. The van der Waals surface area contributed by atoms with Crippen LogP contribution in [0, 0.1) is 0 Å². The number of hydrogen-bond acceptors (Lipinski definition) is 2. The Balaban J connectivity index is 3.36. The van der Waals surface area contributed by atoms with Crippen molar-refractivity contribution in [1.82, 2.24) is 0 Å². The molecule has 1 aromatic rings. The molecule has 16 heavy (non-hydrogen) atoms. The van der Waals surface area contributed by atoms with Crippen molar-refractivity contribution in [3.63, 3.8) is 0 Å². The van der Waals surface area contributed by atoms with E-state index in [2.05, 4.69) is 0 Å². The maximum Gasteiger partial charge on any atom is 0.501 e. The Hall–Kier alpha value is -0.750. The molecule has 0 aromatic heterocycles. The molecule has 0 fully saturated rings. The fourth-order valence-corrected chi connectivity index (χ4v) is 2.19. The normalized spacial score (nSPS) is 12.8. The summed E-state index contributed by atoms with van der Waals surface area (Å²) in [5.41, 5.74) is -4.92.